The lowest BCUT2D eigenvalue weighted by Crippen LogP contribution is -2.25. The zero-order valence-electron chi connectivity index (χ0n) is 15.5. The summed E-state index contributed by atoms with van der Waals surface area (Å²) in [4.78, 5) is 26.7. The molecule has 0 bridgehead atoms. The monoisotopic (exact) mass is 367 g/mol. The Morgan fingerprint density at radius 3 is 2.44 bits per heavy atom. The van der Waals surface area contributed by atoms with E-state index in [0.717, 1.165) is 18.8 Å². The second-order valence-corrected chi connectivity index (χ2v) is 5.64. The summed E-state index contributed by atoms with van der Waals surface area (Å²) >= 11 is 0. The van der Waals surface area contributed by atoms with Crippen molar-refractivity contribution in [2.24, 2.45) is 7.05 Å². The van der Waals surface area contributed by atoms with Crippen molar-refractivity contribution in [3.8, 4) is 11.9 Å². The van der Waals surface area contributed by atoms with Gasteiger partial charge >= 0.3 is 6.01 Å². The SMILES string of the molecule is CCN(CC)c1nc(Nc2ccccc2)nc(Oc2ccc(=O)n(C)n2)n1. The third-order valence-electron chi connectivity index (χ3n) is 3.81. The number of aryl methyl sites for hydroxylation is 1. The van der Waals surface area contributed by atoms with E-state index in [-0.39, 0.29) is 17.4 Å². The predicted molar refractivity (Wildman–Crippen MR) is 103 cm³/mol. The normalized spacial score (nSPS) is 10.5. The van der Waals surface area contributed by atoms with Gasteiger partial charge in [0.25, 0.3) is 5.56 Å². The largest absolute Gasteiger partial charge is 0.403 e. The van der Waals surface area contributed by atoms with Crippen LogP contribution in [0.1, 0.15) is 13.8 Å². The van der Waals surface area contributed by atoms with Crippen LogP contribution < -0.4 is 20.5 Å². The molecule has 2 heterocycles. The van der Waals surface area contributed by atoms with Gasteiger partial charge in [0, 0.05) is 38.0 Å². The summed E-state index contributed by atoms with van der Waals surface area (Å²) in [6.07, 6.45) is 0. The average Bonchev–Trinajstić information content (AvgIpc) is 2.66. The third-order valence-corrected chi connectivity index (χ3v) is 3.81. The Balaban J connectivity index is 1.95. The van der Waals surface area contributed by atoms with Crippen LogP contribution in [-0.2, 0) is 7.05 Å². The Labute approximate surface area is 156 Å². The molecule has 0 amide bonds. The third kappa shape index (κ3) is 4.57. The molecule has 1 N–H and O–H groups in total. The highest BCUT2D eigenvalue weighted by atomic mass is 16.5. The molecule has 0 atom stereocenters. The van der Waals surface area contributed by atoms with Crippen molar-refractivity contribution >= 4 is 17.6 Å². The molecule has 1 aromatic carbocycles. The van der Waals surface area contributed by atoms with Gasteiger partial charge in [-0.2, -0.15) is 15.0 Å². The number of anilines is 3. The number of nitrogens with zero attached hydrogens (tertiary/aromatic N) is 6. The Bertz CT molecular complexity index is 955. The summed E-state index contributed by atoms with van der Waals surface area (Å²) in [5, 5.41) is 7.19. The maximum atomic E-state index is 11.5. The number of rotatable bonds is 7. The van der Waals surface area contributed by atoms with Gasteiger partial charge in [-0.05, 0) is 26.0 Å². The summed E-state index contributed by atoms with van der Waals surface area (Å²) in [5.74, 6) is 1.07. The molecule has 9 nitrogen and oxygen atoms in total. The second-order valence-electron chi connectivity index (χ2n) is 5.64. The maximum Gasteiger partial charge on any atom is 0.330 e. The fourth-order valence-corrected chi connectivity index (χ4v) is 2.37. The lowest BCUT2D eigenvalue weighted by Gasteiger charge is -2.19. The van der Waals surface area contributed by atoms with E-state index < -0.39 is 0 Å². The smallest absolute Gasteiger partial charge is 0.330 e. The van der Waals surface area contributed by atoms with Crippen molar-refractivity contribution in [2.75, 3.05) is 23.3 Å². The topological polar surface area (TPSA) is 98.1 Å². The number of hydrogen-bond acceptors (Lipinski definition) is 8. The van der Waals surface area contributed by atoms with E-state index in [9.17, 15) is 4.79 Å². The Morgan fingerprint density at radius 1 is 1.04 bits per heavy atom. The van der Waals surface area contributed by atoms with Crippen molar-refractivity contribution in [2.45, 2.75) is 13.8 Å². The molecule has 0 aliphatic carbocycles. The van der Waals surface area contributed by atoms with Crippen LogP contribution in [-0.4, -0.2) is 37.8 Å². The van der Waals surface area contributed by atoms with E-state index in [4.69, 9.17) is 4.74 Å². The lowest BCUT2D eigenvalue weighted by atomic mass is 10.3. The number of para-hydroxylation sites is 1. The van der Waals surface area contributed by atoms with Crippen LogP contribution in [0.25, 0.3) is 0 Å². The van der Waals surface area contributed by atoms with E-state index in [2.05, 4.69) is 25.4 Å². The van der Waals surface area contributed by atoms with Gasteiger partial charge in [-0.3, -0.25) is 4.79 Å². The maximum absolute atomic E-state index is 11.5. The van der Waals surface area contributed by atoms with Gasteiger partial charge in [0.15, 0.2) is 0 Å². The van der Waals surface area contributed by atoms with E-state index in [0.29, 0.717) is 11.9 Å². The van der Waals surface area contributed by atoms with Crippen LogP contribution in [0.4, 0.5) is 17.6 Å². The first-order valence-electron chi connectivity index (χ1n) is 8.64. The van der Waals surface area contributed by atoms with Crippen LogP contribution in [0, 0.1) is 0 Å². The Hall–Kier alpha value is -3.49. The zero-order chi connectivity index (χ0) is 19.2. The first-order chi connectivity index (χ1) is 13.1. The van der Waals surface area contributed by atoms with E-state index in [1.54, 1.807) is 7.05 Å². The predicted octanol–water partition coefficient (Wildman–Crippen LogP) is 2.35. The molecular weight excluding hydrogens is 346 g/mol. The van der Waals surface area contributed by atoms with Gasteiger partial charge in [-0.15, -0.1) is 5.10 Å². The van der Waals surface area contributed by atoms with Crippen LogP contribution in [0.15, 0.2) is 47.3 Å². The molecule has 2 aromatic heterocycles. The van der Waals surface area contributed by atoms with Crippen molar-refractivity contribution in [1.29, 1.82) is 0 Å². The molecule has 3 aromatic rings. The molecule has 0 saturated heterocycles. The molecule has 0 unspecified atom stereocenters. The molecular formula is C18H21N7O2. The van der Waals surface area contributed by atoms with E-state index in [1.807, 2.05) is 49.1 Å². The van der Waals surface area contributed by atoms with E-state index in [1.165, 1.54) is 16.8 Å². The molecule has 9 heteroatoms. The number of hydrogen-bond donors (Lipinski definition) is 1. The fourth-order valence-electron chi connectivity index (χ4n) is 2.37. The van der Waals surface area contributed by atoms with Crippen molar-refractivity contribution in [3.05, 3.63) is 52.8 Å². The summed E-state index contributed by atoms with van der Waals surface area (Å²) in [7, 11) is 1.55. The summed E-state index contributed by atoms with van der Waals surface area (Å²) < 4.78 is 6.86. The van der Waals surface area contributed by atoms with Gasteiger partial charge in [0.05, 0.1) is 0 Å². The minimum absolute atomic E-state index is 0.0940. The minimum atomic E-state index is -0.228. The Kier molecular flexibility index (Phi) is 5.60. The quantitative estimate of drug-likeness (QED) is 0.679. The molecule has 140 valence electrons. The first kappa shape index (κ1) is 18.3. The number of ether oxygens (including phenoxy) is 1. The fraction of sp³-hybridized carbons (Fsp3) is 0.278. The van der Waals surface area contributed by atoms with Gasteiger partial charge in [0.1, 0.15) is 0 Å². The van der Waals surface area contributed by atoms with Gasteiger partial charge < -0.3 is 15.0 Å². The summed E-state index contributed by atoms with van der Waals surface area (Å²) in [6, 6.07) is 12.5. The molecule has 0 saturated carbocycles. The van der Waals surface area contributed by atoms with Crippen LogP contribution in [0.2, 0.25) is 0 Å². The molecule has 3 rings (SSSR count). The second kappa shape index (κ2) is 8.26. The number of benzene rings is 1. The van der Waals surface area contributed by atoms with Gasteiger partial charge in [0.2, 0.25) is 17.8 Å². The molecule has 0 aliphatic rings. The Morgan fingerprint density at radius 2 is 1.78 bits per heavy atom. The molecule has 0 aliphatic heterocycles. The number of nitrogens with one attached hydrogen (secondary N) is 1. The zero-order valence-corrected chi connectivity index (χ0v) is 15.5. The van der Waals surface area contributed by atoms with E-state index >= 15 is 0 Å². The van der Waals surface area contributed by atoms with Gasteiger partial charge in [-0.1, -0.05) is 18.2 Å². The average molecular weight is 367 g/mol. The van der Waals surface area contributed by atoms with Crippen LogP contribution in [0.3, 0.4) is 0 Å². The van der Waals surface area contributed by atoms with Crippen molar-refractivity contribution in [1.82, 2.24) is 24.7 Å². The highest BCUT2D eigenvalue weighted by molar-refractivity contribution is 5.54. The molecule has 0 radical (unpaired) electrons. The summed E-state index contributed by atoms with van der Waals surface area (Å²) in [5.41, 5.74) is 0.619. The van der Waals surface area contributed by atoms with Crippen molar-refractivity contribution in [3.63, 3.8) is 0 Å². The molecule has 27 heavy (non-hydrogen) atoms. The molecule has 0 fully saturated rings. The standard InChI is InChI=1S/C18H21N7O2/c1-4-25(5-2)17-20-16(19-13-9-7-6-8-10-13)21-18(22-17)27-14-11-12-15(26)24(3)23-14/h6-12H,4-5H2,1-3H3,(H,19,20,21,22). The highest BCUT2D eigenvalue weighted by Gasteiger charge is 2.14. The minimum Gasteiger partial charge on any atom is -0.403 e. The molecule has 0 spiro atoms. The summed E-state index contributed by atoms with van der Waals surface area (Å²) in [6.45, 7) is 5.52. The lowest BCUT2D eigenvalue weighted by molar-refractivity contribution is 0.406. The van der Waals surface area contributed by atoms with Crippen LogP contribution in [0.5, 0.6) is 11.9 Å². The highest BCUT2D eigenvalue weighted by Crippen LogP contribution is 2.21. The van der Waals surface area contributed by atoms with Crippen molar-refractivity contribution < 1.29 is 4.74 Å². The van der Waals surface area contributed by atoms with Gasteiger partial charge in [-0.25, -0.2) is 4.68 Å². The van der Waals surface area contributed by atoms with Crippen LogP contribution >= 0.6 is 0 Å². The number of aromatic nitrogens is 5. The first-order valence-corrected chi connectivity index (χ1v) is 8.64.